The van der Waals surface area contributed by atoms with Crippen LogP contribution in [0, 0.1) is 11.5 Å². The first-order valence-corrected chi connectivity index (χ1v) is 9.27. The Morgan fingerprint density at radius 1 is 1.32 bits per heavy atom. The lowest BCUT2D eigenvalue weighted by Gasteiger charge is -2.05. The van der Waals surface area contributed by atoms with Crippen LogP contribution >= 0.6 is 23.4 Å². The third-order valence-corrected chi connectivity index (χ3v) is 4.58. The summed E-state index contributed by atoms with van der Waals surface area (Å²) in [5, 5.41) is 12.6. The van der Waals surface area contributed by atoms with Gasteiger partial charge >= 0.3 is 0 Å². The van der Waals surface area contributed by atoms with E-state index in [1.165, 1.54) is 17.3 Å². The van der Waals surface area contributed by atoms with Crippen LogP contribution in [0.15, 0.2) is 53.8 Å². The molecule has 126 valence electrons. The Kier molecular flexibility index (Phi) is 5.59. The number of aryl methyl sites for hydroxylation is 2. The van der Waals surface area contributed by atoms with Gasteiger partial charge in [0.2, 0.25) is 0 Å². The molecule has 1 N–H and O–H groups in total. The molecule has 1 heterocycles. The third kappa shape index (κ3) is 4.32. The second-order valence-electron chi connectivity index (χ2n) is 5.35. The molecule has 0 atom stereocenters. The average molecular weight is 370 g/mol. The van der Waals surface area contributed by atoms with Gasteiger partial charge in [-0.1, -0.05) is 35.5 Å². The van der Waals surface area contributed by atoms with Gasteiger partial charge in [0.15, 0.2) is 11.4 Å². The molecular formula is C18H16ClN5S. The molecule has 3 rings (SSSR count). The maximum Gasteiger partial charge on any atom is 0.183 e. The van der Waals surface area contributed by atoms with Crippen molar-refractivity contribution in [3.05, 3.63) is 59.4 Å². The summed E-state index contributed by atoms with van der Waals surface area (Å²) >= 11 is 7.31. The van der Waals surface area contributed by atoms with Crippen LogP contribution in [0.25, 0.3) is 11.0 Å². The Balaban J connectivity index is 1.78. The minimum Gasteiger partial charge on any atom is -0.330 e. The van der Waals surface area contributed by atoms with Gasteiger partial charge in [-0.15, -0.1) is 0 Å². The number of fused-ring (bicyclic) bond motifs is 1. The van der Waals surface area contributed by atoms with Crippen LogP contribution in [0.4, 0.5) is 5.69 Å². The van der Waals surface area contributed by atoms with Gasteiger partial charge in [0.25, 0.3) is 0 Å². The van der Waals surface area contributed by atoms with Crippen molar-refractivity contribution < 1.29 is 0 Å². The van der Waals surface area contributed by atoms with E-state index in [0.717, 1.165) is 34.7 Å². The summed E-state index contributed by atoms with van der Waals surface area (Å²) in [4.78, 5) is 8.88. The number of nitrogens with one attached hydrogen (secondary N) is 1. The molecule has 0 saturated carbocycles. The Hall–Kier alpha value is -2.49. The SMILES string of the molecule is CSC(=Nc1ccc2c(c1)ncn2CCc1ccc(Cl)cc1)NC#N. The van der Waals surface area contributed by atoms with Crippen molar-refractivity contribution >= 4 is 45.3 Å². The van der Waals surface area contributed by atoms with Crippen molar-refractivity contribution in [2.75, 3.05) is 6.26 Å². The fraction of sp³-hybridized carbons (Fsp3) is 0.167. The first-order valence-electron chi connectivity index (χ1n) is 7.66. The number of amidine groups is 1. The molecule has 0 saturated heterocycles. The van der Waals surface area contributed by atoms with Gasteiger partial charge in [0.1, 0.15) is 0 Å². The van der Waals surface area contributed by atoms with Crippen molar-refractivity contribution in [1.82, 2.24) is 14.9 Å². The molecule has 7 heteroatoms. The molecule has 0 aliphatic rings. The number of aromatic nitrogens is 2. The number of halogens is 1. The normalized spacial score (nSPS) is 11.5. The number of nitrogens with zero attached hydrogens (tertiary/aromatic N) is 4. The molecule has 0 unspecified atom stereocenters. The van der Waals surface area contributed by atoms with E-state index in [-0.39, 0.29) is 0 Å². The zero-order valence-electron chi connectivity index (χ0n) is 13.6. The van der Waals surface area contributed by atoms with Gasteiger partial charge in [0.05, 0.1) is 23.0 Å². The van der Waals surface area contributed by atoms with Gasteiger partial charge in [-0.3, -0.25) is 5.32 Å². The van der Waals surface area contributed by atoms with Crippen LogP contribution in [0.2, 0.25) is 5.02 Å². The maximum absolute atomic E-state index is 8.71. The summed E-state index contributed by atoms with van der Waals surface area (Å²) < 4.78 is 2.13. The molecule has 0 fully saturated rings. The second kappa shape index (κ2) is 8.06. The van der Waals surface area contributed by atoms with Crippen molar-refractivity contribution in [1.29, 1.82) is 5.26 Å². The molecule has 0 amide bonds. The zero-order chi connectivity index (χ0) is 17.6. The summed E-state index contributed by atoms with van der Waals surface area (Å²) in [5.41, 5.74) is 3.95. The Morgan fingerprint density at radius 3 is 2.84 bits per heavy atom. The number of nitriles is 1. The monoisotopic (exact) mass is 369 g/mol. The fourth-order valence-corrected chi connectivity index (χ4v) is 2.96. The lowest BCUT2D eigenvalue weighted by atomic mass is 10.1. The standard InChI is InChI=1S/C18H16ClN5S/c1-25-18(21-11-20)23-15-6-7-17-16(10-15)22-12-24(17)9-8-13-2-4-14(19)5-3-13/h2-7,10,12H,8-9H2,1H3,(H,21,23). The highest BCUT2D eigenvalue weighted by atomic mass is 35.5. The summed E-state index contributed by atoms with van der Waals surface area (Å²) in [6.45, 7) is 0.840. The quantitative estimate of drug-likeness (QED) is 0.321. The van der Waals surface area contributed by atoms with Crippen LogP contribution in [0.3, 0.4) is 0 Å². The van der Waals surface area contributed by atoms with Gasteiger partial charge in [-0.25, -0.2) is 9.98 Å². The minimum absolute atomic E-state index is 0.559. The molecule has 0 radical (unpaired) electrons. The summed E-state index contributed by atoms with van der Waals surface area (Å²) in [6, 6.07) is 13.8. The van der Waals surface area contributed by atoms with E-state index >= 15 is 0 Å². The Bertz CT molecular complexity index is 940. The molecule has 3 aromatic rings. The summed E-state index contributed by atoms with van der Waals surface area (Å²) in [6.07, 6.45) is 6.51. The number of aliphatic imine (C=N–C) groups is 1. The van der Waals surface area contributed by atoms with E-state index < -0.39 is 0 Å². The average Bonchev–Trinajstić information content (AvgIpc) is 3.03. The predicted molar refractivity (Wildman–Crippen MR) is 104 cm³/mol. The number of hydrogen-bond donors (Lipinski definition) is 1. The maximum atomic E-state index is 8.71. The van der Waals surface area contributed by atoms with Crippen molar-refractivity contribution in [2.45, 2.75) is 13.0 Å². The molecule has 25 heavy (non-hydrogen) atoms. The van der Waals surface area contributed by atoms with Crippen LogP contribution in [-0.2, 0) is 13.0 Å². The van der Waals surface area contributed by atoms with E-state index in [9.17, 15) is 0 Å². The lowest BCUT2D eigenvalue weighted by Crippen LogP contribution is -2.12. The minimum atomic E-state index is 0.559. The number of hydrogen-bond acceptors (Lipinski definition) is 4. The second-order valence-corrected chi connectivity index (χ2v) is 6.58. The predicted octanol–water partition coefficient (Wildman–Crippen LogP) is 4.35. The largest absolute Gasteiger partial charge is 0.330 e. The van der Waals surface area contributed by atoms with E-state index in [1.807, 2.05) is 61.2 Å². The highest BCUT2D eigenvalue weighted by molar-refractivity contribution is 8.13. The number of thioether (sulfide) groups is 1. The first kappa shape index (κ1) is 17.3. The topological polar surface area (TPSA) is 66.0 Å². The first-order chi connectivity index (χ1) is 12.2. The lowest BCUT2D eigenvalue weighted by molar-refractivity contribution is 0.716. The van der Waals surface area contributed by atoms with Crippen molar-refractivity contribution in [3.8, 4) is 6.19 Å². The fourth-order valence-electron chi connectivity index (χ4n) is 2.49. The summed E-state index contributed by atoms with van der Waals surface area (Å²) in [7, 11) is 0. The van der Waals surface area contributed by atoms with Gasteiger partial charge < -0.3 is 4.57 Å². The van der Waals surface area contributed by atoms with E-state index in [2.05, 4.69) is 19.9 Å². The van der Waals surface area contributed by atoms with Crippen LogP contribution in [0.5, 0.6) is 0 Å². The number of imidazole rings is 1. The number of rotatable bonds is 4. The molecular weight excluding hydrogens is 354 g/mol. The Labute approximate surface area is 155 Å². The number of benzene rings is 2. The smallest absolute Gasteiger partial charge is 0.183 e. The highest BCUT2D eigenvalue weighted by Crippen LogP contribution is 2.22. The van der Waals surface area contributed by atoms with Crippen LogP contribution in [-0.4, -0.2) is 21.0 Å². The molecule has 0 aliphatic carbocycles. The van der Waals surface area contributed by atoms with Crippen LogP contribution in [0.1, 0.15) is 5.56 Å². The zero-order valence-corrected chi connectivity index (χ0v) is 15.2. The van der Waals surface area contributed by atoms with E-state index in [0.29, 0.717) is 5.17 Å². The Morgan fingerprint density at radius 2 is 2.12 bits per heavy atom. The third-order valence-electron chi connectivity index (χ3n) is 3.75. The molecule has 2 aromatic carbocycles. The molecule has 0 spiro atoms. The van der Waals surface area contributed by atoms with Gasteiger partial charge in [-0.2, -0.15) is 5.26 Å². The molecule has 1 aromatic heterocycles. The molecule has 0 aliphatic heterocycles. The van der Waals surface area contributed by atoms with Gasteiger partial charge in [0, 0.05) is 11.6 Å². The molecule has 0 bridgehead atoms. The van der Waals surface area contributed by atoms with Crippen molar-refractivity contribution in [2.24, 2.45) is 4.99 Å². The highest BCUT2D eigenvalue weighted by Gasteiger charge is 2.05. The van der Waals surface area contributed by atoms with Gasteiger partial charge in [-0.05, 0) is 48.6 Å². The van der Waals surface area contributed by atoms with E-state index in [4.69, 9.17) is 16.9 Å². The van der Waals surface area contributed by atoms with Crippen molar-refractivity contribution in [3.63, 3.8) is 0 Å². The molecule has 5 nitrogen and oxygen atoms in total. The summed E-state index contributed by atoms with van der Waals surface area (Å²) in [5.74, 6) is 0. The van der Waals surface area contributed by atoms with E-state index in [1.54, 1.807) is 0 Å². The van der Waals surface area contributed by atoms with Crippen LogP contribution < -0.4 is 5.32 Å².